The van der Waals surface area contributed by atoms with Crippen molar-refractivity contribution in [2.24, 2.45) is 51.2 Å². The molecule has 5 rings (SSSR count). The van der Waals surface area contributed by atoms with Gasteiger partial charge in [-0.25, -0.2) is 0 Å². The molecule has 5 fully saturated rings. The van der Waals surface area contributed by atoms with Crippen LogP contribution in [0.2, 0.25) is 0 Å². The minimum Gasteiger partial charge on any atom is -0.307 e. The normalized spacial score (nSPS) is 43.7. The second kappa shape index (κ2) is 10.9. The van der Waals surface area contributed by atoms with E-state index in [1.54, 1.807) is 57.8 Å². The van der Waals surface area contributed by atoms with Crippen molar-refractivity contribution in [1.29, 1.82) is 0 Å². The molecule has 0 saturated heterocycles. The number of carbonyl (C=O) groups is 1. The maximum absolute atomic E-state index is 8.00. The van der Waals surface area contributed by atoms with E-state index in [-0.39, 0.29) is 0 Å². The van der Waals surface area contributed by atoms with Crippen molar-refractivity contribution in [1.82, 2.24) is 0 Å². The summed E-state index contributed by atoms with van der Waals surface area (Å²) in [5.41, 5.74) is 4.21. The fourth-order valence-electron chi connectivity index (χ4n) is 11.2. The molecule has 0 bridgehead atoms. The molecule has 8 unspecified atom stereocenters. The molecule has 5 saturated carbocycles. The molecule has 0 radical (unpaired) electrons. The van der Waals surface area contributed by atoms with Gasteiger partial charge in [-0.1, -0.05) is 78.2 Å². The Bertz CT molecular complexity index is 767. The van der Waals surface area contributed by atoms with Crippen LogP contribution in [-0.2, 0) is 4.79 Å². The van der Waals surface area contributed by atoms with Gasteiger partial charge in [-0.15, -0.1) is 0 Å². The molecule has 0 N–H and O–H groups in total. The first kappa shape index (κ1) is 28.7. The van der Waals surface area contributed by atoms with E-state index in [1.807, 2.05) is 13.7 Å². The molecule has 5 aliphatic rings. The van der Waals surface area contributed by atoms with Crippen LogP contribution in [0.1, 0.15) is 132 Å². The third kappa shape index (κ3) is 4.44. The lowest BCUT2D eigenvalue weighted by atomic mass is 9.53. The first-order valence-electron chi connectivity index (χ1n) is 15.2. The minimum absolute atomic E-state index is 0.516. The molecule has 0 aromatic carbocycles. The summed E-state index contributed by atoms with van der Waals surface area (Å²) in [4.78, 5) is 8.00. The molecule has 1 heteroatoms. The first-order valence-corrected chi connectivity index (χ1v) is 15.2. The maximum atomic E-state index is 8.00. The Hall–Kier alpha value is -0.850. The van der Waals surface area contributed by atoms with Crippen LogP contribution >= 0.6 is 0 Å². The Morgan fingerprint density at radius 3 is 2.20 bits per heavy atom. The monoisotopic (exact) mass is 482 g/mol. The predicted octanol–water partition coefficient (Wildman–Crippen LogP) is 10.2. The second-order valence-corrected chi connectivity index (χ2v) is 14.1. The van der Waals surface area contributed by atoms with Crippen LogP contribution in [0.5, 0.6) is 0 Å². The third-order valence-electron chi connectivity index (χ3n) is 12.0. The molecule has 35 heavy (non-hydrogen) atoms. The highest BCUT2D eigenvalue weighted by molar-refractivity contribution is 5.32. The van der Waals surface area contributed by atoms with Gasteiger partial charge in [0.1, 0.15) is 6.79 Å². The number of allylic oxidation sites excluding steroid dienone is 4. The lowest BCUT2D eigenvalue weighted by Crippen LogP contribution is -2.44. The zero-order chi connectivity index (χ0) is 26.1. The summed E-state index contributed by atoms with van der Waals surface area (Å²) >= 11 is 0. The summed E-state index contributed by atoms with van der Waals surface area (Å²) in [5, 5.41) is 0. The van der Waals surface area contributed by atoms with Crippen molar-refractivity contribution < 1.29 is 4.79 Å². The van der Waals surface area contributed by atoms with Gasteiger partial charge in [0, 0.05) is 0 Å². The number of hydrogen-bond donors (Lipinski definition) is 0. The van der Waals surface area contributed by atoms with E-state index in [2.05, 4.69) is 66.7 Å². The van der Waals surface area contributed by atoms with E-state index in [0.717, 1.165) is 52.3 Å². The van der Waals surface area contributed by atoms with Gasteiger partial charge in [0.05, 0.1) is 0 Å². The van der Waals surface area contributed by atoms with Crippen molar-refractivity contribution in [3.8, 4) is 0 Å². The summed E-state index contributed by atoms with van der Waals surface area (Å²) in [6, 6.07) is 0. The average molecular weight is 483 g/mol. The fraction of sp³-hybridized carbons (Fsp3) is 0.853. The molecule has 0 aliphatic heterocycles. The Balaban J connectivity index is 0.000000295. The van der Waals surface area contributed by atoms with Crippen LogP contribution in [-0.4, -0.2) is 6.79 Å². The maximum Gasteiger partial charge on any atom is 0.106 e. The molecule has 8 atom stereocenters. The van der Waals surface area contributed by atoms with E-state index in [0.29, 0.717) is 5.41 Å². The lowest BCUT2D eigenvalue weighted by molar-refractivity contribution is -0.0980. The largest absolute Gasteiger partial charge is 0.307 e. The molecule has 0 heterocycles. The van der Waals surface area contributed by atoms with Gasteiger partial charge in [0.2, 0.25) is 0 Å². The Labute approximate surface area is 219 Å². The van der Waals surface area contributed by atoms with Gasteiger partial charge in [-0.3, -0.25) is 0 Å². The Morgan fingerprint density at radius 1 is 0.943 bits per heavy atom. The van der Waals surface area contributed by atoms with Crippen LogP contribution in [0.15, 0.2) is 23.8 Å². The molecule has 1 nitrogen and oxygen atoms in total. The molecule has 5 aliphatic carbocycles. The van der Waals surface area contributed by atoms with Crippen molar-refractivity contribution in [2.45, 2.75) is 132 Å². The number of fused-ring (bicyclic) bond motifs is 4. The van der Waals surface area contributed by atoms with Crippen LogP contribution in [0, 0.1) is 51.2 Å². The smallest absolute Gasteiger partial charge is 0.106 e. The summed E-state index contributed by atoms with van der Waals surface area (Å²) < 4.78 is 0. The second-order valence-electron chi connectivity index (χ2n) is 14.1. The molecule has 0 aromatic rings. The van der Waals surface area contributed by atoms with Gasteiger partial charge < -0.3 is 4.79 Å². The lowest BCUT2D eigenvalue weighted by Gasteiger charge is -2.52. The minimum atomic E-state index is 0.516. The third-order valence-corrected chi connectivity index (χ3v) is 12.0. The number of carbonyl (C=O) groups excluding carboxylic acids is 1. The SMILES string of the molecule is C/C=C\C(=C/C)CC.C=O.CCCC12C(C(C)(C)C)CCC13C1CCC4(C)CCCC4C1CCC32. The van der Waals surface area contributed by atoms with Gasteiger partial charge >= 0.3 is 0 Å². The molecule has 0 aromatic heterocycles. The van der Waals surface area contributed by atoms with Crippen molar-refractivity contribution in [2.75, 3.05) is 0 Å². The Kier molecular flexibility index (Phi) is 8.92. The predicted molar refractivity (Wildman–Crippen MR) is 152 cm³/mol. The summed E-state index contributed by atoms with van der Waals surface area (Å²) in [6.07, 6.45) is 24.6. The Morgan fingerprint density at radius 2 is 1.66 bits per heavy atom. The van der Waals surface area contributed by atoms with Gasteiger partial charge in [-0.05, 0) is 129 Å². The van der Waals surface area contributed by atoms with Gasteiger partial charge in [-0.2, -0.15) is 0 Å². The van der Waals surface area contributed by atoms with Crippen LogP contribution in [0.4, 0.5) is 0 Å². The topological polar surface area (TPSA) is 17.1 Å². The van der Waals surface area contributed by atoms with Crippen LogP contribution < -0.4 is 0 Å². The van der Waals surface area contributed by atoms with Gasteiger partial charge in [0.15, 0.2) is 0 Å². The van der Waals surface area contributed by atoms with Crippen molar-refractivity contribution in [3.63, 3.8) is 0 Å². The van der Waals surface area contributed by atoms with E-state index in [1.165, 1.54) is 18.4 Å². The molecule has 200 valence electrons. The number of hydrogen-bond acceptors (Lipinski definition) is 1. The molecule has 0 amide bonds. The average Bonchev–Trinajstić information content (AvgIpc) is 3.09. The zero-order valence-corrected chi connectivity index (χ0v) is 24.7. The van der Waals surface area contributed by atoms with E-state index in [9.17, 15) is 0 Å². The van der Waals surface area contributed by atoms with E-state index >= 15 is 0 Å². The summed E-state index contributed by atoms with van der Waals surface area (Å²) in [5.74, 6) is 5.43. The van der Waals surface area contributed by atoms with E-state index < -0.39 is 0 Å². The highest BCUT2D eigenvalue weighted by atomic mass is 16.1. The molecule has 1 spiro atoms. The van der Waals surface area contributed by atoms with Crippen LogP contribution in [0.25, 0.3) is 0 Å². The van der Waals surface area contributed by atoms with Crippen molar-refractivity contribution in [3.05, 3.63) is 23.8 Å². The number of rotatable bonds is 4. The fourth-order valence-corrected chi connectivity index (χ4v) is 11.2. The van der Waals surface area contributed by atoms with E-state index in [4.69, 9.17) is 4.79 Å². The quantitative estimate of drug-likeness (QED) is 0.364. The van der Waals surface area contributed by atoms with Gasteiger partial charge in [0.25, 0.3) is 0 Å². The molecular weight excluding hydrogens is 424 g/mol. The first-order chi connectivity index (χ1) is 16.7. The standard InChI is InChI=1S/C25H42.C8H14.CH2O/c1-6-13-25-20(22(2,3)4)12-16-24(25)19-11-15-23(5)14-7-8-18(23)17(19)9-10-21(24)25;1-4-7-8(5-2)6-3;1-2/h17-21H,6-16H2,1-5H3;4-5,7H,6H2,1-3H3;1H2/b;7-4-,8-5-;. The highest BCUT2D eigenvalue weighted by Gasteiger charge is 2.84. The summed E-state index contributed by atoms with van der Waals surface area (Å²) in [7, 11) is 0. The van der Waals surface area contributed by atoms with Crippen LogP contribution in [0.3, 0.4) is 0 Å². The summed E-state index contributed by atoms with van der Waals surface area (Å²) in [6.45, 7) is 21.1. The van der Waals surface area contributed by atoms with Crippen molar-refractivity contribution >= 4 is 6.79 Å². The highest BCUT2D eigenvalue weighted by Crippen LogP contribution is 2.90. The zero-order valence-electron chi connectivity index (χ0n) is 24.7. The molecular formula is C34H58O.